The van der Waals surface area contributed by atoms with Crippen LogP contribution in [0.1, 0.15) is 25.0 Å². The zero-order valence-electron chi connectivity index (χ0n) is 12.5. The Kier molecular flexibility index (Phi) is 3.83. The van der Waals surface area contributed by atoms with E-state index in [9.17, 15) is 10.2 Å². The summed E-state index contributed by atoms with van der Waals surface area (Å²) in [4.78, 5) is 0. The van der Waals surface area contributed by atoms with Gasteiger partial charge in [-0.2, -0.15) is 0 Å². The standard InChI is InChI=1S/C17H11BrO2.C2H6/c18-17-14-8-12(20)2-1-9(14)6-15-13-4-3-11(19)5-10(13)7-16(15)17;1-2/h1-6,8,19-20H,7H2;1-2H3. The van der Waals surface area contributed by atoms with Crippen molar-refractivity contribution in [3.05, 3.63) is 58.1 Å². The van der Waals surface area contributed by atoms with Gasteiger partial charge in [0.25, 0.3) is 0 Å². The van der Waals surface area contributed by atoms with E-state index in [1.165, 1.54) is 16.7 Å². The molecule has 1 aliphatic rings. The molecule has 0 heterocycles. The highest BCUT2D eigenvalue weighted by atomic mass is 79.9. The molecule has 1 aliphatic carbocycles. The summed E-state index contributed by atoms with van der Waals surface area (Å²) in [5.74, 6) is 0.571. The molecule has 0 radical (unpaired) electrons. The summed E-state index contributed by atoms with van der Waals surface area (Å²) in [5, 5.41) is 21.4. The molecule has 0 fully saturated rings. The van der Waals surface area contributed by atoms with Crippen LogP contribution in [0.25, 0.3) is 21.9 Å². The minimum atomic E-state index is 0.270. The molecule has 3 aromatic carbocycles. The second kappa shape index (κ2) is 5.65. The maximum atomic E-state index is 9.66. The van der Waals surface area contributed by atoms with Crippen LogP contribution in [0.3, 0.4) is 0 Å². The van der Waals surface area contributed by atoms with E-state index in [-0.39, 0.29) is 5.75 Å². The van der Waals surface area contributed by atoms with Crippen LogP contribution >= 0.6 is 15.9 Å². The lowest BCUT2D eigenvalue weighted by molar-refractivity contribution is 0.474. The monoisotopic (exact) mass is 356 g/mol. The van der Waals surface area contributed by atoms with Gasteiger partial charge in [0.1, 0.15) is 11.5 Å². The molecule has 22 heavy (non-hydrogen) atoms. The van der Waals surface area contributed by atoms with Crippen molar-refractivity contribution in [2.75, 3.05) is 0 Å². The maximum Gasteiger partial charge on any atom is 0.116 e. The molecule has 0 aliphatic heterocycles. The van der Waals surface area contributed by atoms with E-state index in [4.69, 9.17) is 0 Å². The largest absolute Gasteiger partial charge is 0.508 e. The summed E-state index contributed by atoms with van der Waals surface area (Å²) in [5.41, 5.74) is 4.72. The number of hydrogen-bond acceptors (Lipinski definition) is 2. The third-order valence-electron chi connectivity index (χ3n) is 3.91. The minimum Gasteiger partial charge on any atom is -0.508 e. The molecular weight excluding hydrogens is 340 g/mol. The third kappa shape index (κ3) is 2.26. The quantitative estimate of drug-likeness (QED) is 0.429. The highest BCUT2D eigenvalue weighted by molar-refractivity contribution is 9.10. The van der Waals surface area contributed by atoms with Crippen molar-refractivity contribution in [3.8, 4) is 22.6 Å². The van der Waals surface area contributed by atoms with Gasteiger partial charge in [-0.15, -0.1) is 0 Å². The zero-order valence-corrected chi connectivity index (χ0v) is 14.1. The molecule has 0 aromatic heterocycles. The molecule has 2 N–H and O–H groups in total. The van der Waals surface area contributed by atoms with Gasteiger partial charge < -0.3 is 10.2 Å². The second-order valence-electron chi connectivity index (χ2n) is 5.14. The zero-order chi connectivity index (χ0) is 15.9. The van der Waals surface area contributed by atoms with Crippen molar-refractivity contribution >= 4 is 26.7 Å². The molecule has 0 saturated heterocycles. The number of phenolic OH excluding ortho intramolecular Hbond substituents is 2. The van der Waals surface area contributed by atoms with Gasteiger partial charge in [-0.25, -0.2) is 0 Å². The average molecular weight is 357 g/mol. The van der Waals surface area contributed by atoms with Crippen LogP contribution in [0.4, 0.5) is 0 Å². The van der Waals surface area contributed by atoms with Crippen LogP contribution in [0.15, 0.2) is 46.9 Å². The first-order valence-electron chi connectivity index (χ1n) is 7.40. The van der Waals surface area contributed by atoms with Gasteiger partial charge in [-0.05, 0) is 85.7 Å². The summed E-state index contributed by atoms with van der Waals surface area (Å²) >= 11 is 3.67. The summed E-state index contributed by atoms with van der Waals surface area (Å²) < 4.78 is 1.02. The van der Waals surface area contributed by atoms with Crippen molar-refractivity contribution in [2.45, 2.75) is 20.3 Å². The van der Waals surface area contributed by atoms with E-state index in [2.05, 4.69) is 22.0 Å². The van der Waals surface area contributed by atoms with Gasteiger partial charge in [-0.1, -0.05) is 26.0 Å². The van der Waals surface area contributed by atoms with E-state index in [1.807, 2.05) is 32.0 Å². The minimum absolute atomic E-state index is 0.270. The number of aromatic hydroxyl groups is 2. The predicted molar refractivity (Wildman–Crippen MR) is 94.6 cm³/mol. The van der Waals surface area contributed by atoms with E-state index >= 15 is 0 Å². The maximum absolute atomic E-state index is 9.66. The Bertz CT molecular complexity index is 869. The van der Waals surface area contributed by atoms with Crippen molar-refractivity contribution in [2.24, 2.45) is 0 Å². The van der Waals surface area contributed by atoms with Crippen molar-refractivity contribution in [3.63, 3.8) is 0 Å². The van der Waals surface area contributed by atoms with Crippen LogP contribution in [0, 0.1) is 0 Å². The highest BCUT2D eigenvalue weighted by Crippen LogP contribution is 2.45. The van der Waals surface area contributed by atoms with Crippen LogP contribution in [0.5, 0.6) is 11.5 Å². The first-order chi connectivity index (χ1) is 10.6. The number of rotatable bonds is 0. The number of benzene rings is 3. The van der Waals surface area contributed by atoms with Crippen LogP contribution < -0.4 is 0 Å². The fraction of sp³-hybridized carbons (Fsp3) is 0.158. The Morgan fingerprint density at radius 2 is 1.55 bits per heavy atom. The summed E-state index contributed by atoms with van der Waals surface area (Å²) in [7, 11) is 0. The molecule has 3 aromatic rings. The van der Waals surface area contributed by atoms with Crippen molar-refractivity contribution < 1.29 is 10.2 Å². The van der Waals surface area contributed by atoms with Crippen LogP contribution in [-0.2, 0) is 6.42 Å². The van der Waals surface area contributed by atoms with E-state index in [1.54, 1.807) is 18.2 Å². The molecule has 0 amide bonds. The van der Waals surface area contributed by atoms with Gasteiger partial charge in [0.2, 0.25) is 0 Å². The van der Waals surface area contributed by atoms with E-state index in [0.29, 0.717) is 5.75 Å². The third-order valence-corrected chi connectivity index (χ3v) is 4.82. The number of fused-ring (bicyclic) bond motifs is 4. The summed E-state index contributed by atoms with van der Waals surface area (Å²) in [6.45, 7) is 4.00. The fourth-order valence-electron chi connectivity index (χ4n) is 2.98. The average Bonchev–Trinajstić information content (AvgIpc) is 2.88. The Labute approximate surface area is 138 Å². The molecule has 0 atom stereocenters. The van der Waals surface area contributed by atoms with Gasteiger partial charge in [0, 0.05) is 4.47 Å². The Balaban J connectivity index is 0.000000693. The Hall–Kier alpha value is -2.00. The van der Waals surface area contributed by atoms with Crippen LogP contribution in [0.2, 0.25) is 0 Å². The van der Waals surface area contributed by atoms with Gasteiger partial charge in [-0.3, -0.25) is 0 Å². The molecule has 0 bridgehead atoms. The lowest BCUT2D eigenvalue weighted by Gasteiger charge is -2.08. The SMILES string of the molecule is CC.Oc1ccc2c(c1)Cc1c-2cc2ccc(O)cc2c1Br. The first-order valence-corrected chi connectivity index (χ1v) is 8.19. The molecule has 3 heteroatoms. The smallest absolute Gasteiger partial charge is 0.116 e. The van der Waals surface area contributed by atoms with Crippen LogP contribution in [-0.4, -0.2) is 10.2 Å². The normalized spacial score (nSPS) is 11.6. The van der Waals surface area contributed by atoms with E-state index in [0.717, 1.165) is 27.2 Å². The summed E-state index contributed by atoms with van der Waals surface area (Å²) in [6, 6.07) is 13.1. The van der Waals surface area contributed by atoms with Crippen molar-refractivity contribution in [1.29, 1.82) is 0 Å². The van der Waals surface area contributed by atoms with Gasteiger partial charge >= 0.3 is 0 Å². The fourth-order valence-corrected chi connectivity index (χ4v) is 3.67. The number of halogens is 1. The first kappa shape index (κ1) is 14.9. The van der Waals surface area contributed by atoms with Crippen molar-refractivity contribution in [1.82, 2.24) is 0 Å². The second-order valence-corrected chi connectivity index (χ2v) is 5.93. The van der Waals surface area contributed by atoms with Gasteiger partial charge in [0.05, 0.1) is 0 Å². The van der Waals surface area contributed by atoms with Gasteiger partial charge in [0.15, 0.2) is 0 Å². The lowest BCUT2D eigenvalue weighted by Crippen LogP contribution is -1.85. The Morgan fingerprint density at radius 1 is 0.864 bits per heavy atom. The lowest BCUT2D eigenvalue weighted by atomic mass is 10.0. The molecule has 0 unspecified atom stereocenters. The van der Waals surface area contributed by atoms with E-state index < -0.39 is 0 Å². The summed E-state index contributed by atoms with van der Waals surface area (Å²) in [6.07, 6.45) is 0.797. The number of hydrogen-bond donors (Lipinski definition) is 2. The predicted octanol–water partition coefficient (Wildman–Crippen LogP) is 5.61. The molecule has 0 spiro atoms. The molecule has 112 valence electrons. The molecule has 2 nitrogen and oxygen atoms in total. The molecule has 0 saturated carbocycles. The highest BCUT2D eigenvalue weighted by Gasteiger charge is 2.22. The molecular formula is C19H17BrO2. The Morgan fingerprint density at radius 3 is 2.32 bits per heavy atom. The number of phenols is 2. The topological polar surface area (TPSA) is 40.5 Å². The molecule has 4 rings (SSSR count).